The first-order chi connectivity index (χ1) is 8.60. The lowest BCUT2D eigenvalue weighted by atomic mass is 10.1. The van der Waals surface area contributed by atoms with Gasteiger partial charge in [-0.3, -0.25) is 9.59 Å². The number of nitrogens with one attached hydrogen (secondary N) is 2. The molecule has 4 N–H and O–H groups in total. The van der Waals surface area contributed by atoms with Crippen molar-refractivity contribution in [2.75, 3.05) is 24.7 Å². The molecule has 0 saturated carbocycles. The monoisotopic (exact) mass is 285 g/mol. The Morgan fingerprint density at radius 3 is 2.79 bits per heavy atom. The molecular weight excluding hydrogens is 270 g/mol. The summed E-state index contributed by atoms with van der Waals surface area (Å²) in [6.07, 6.45) is 0.234. The van der Waals surface area contributed by atoms with E-state index in [1.165, 1.54) is 7.11 Å². The van der Waals surface area contributed by atoms with Crippen LogP contribution in [0.25, 0.3) is 0 Å². The average molecular weight is 286 g/mol. The molecule has 1 aromatic rings. The van der Waals surface area contributed by atoms with Crippen molar-refractivity contribution in [1.29, 1.82) is 0 Å². The topological polar surface area (TPSA) is 93.5 Å². The third-order valence-corrected chi connectivity index (χ3v) is 2.85. The van der Waals surface area contributed by atoms with Gasteiger partial charge in [0.05, 0.1) is 18.7 Å². The number of hydrogen-bond acceptors (Lipinski definition) is 4. The van der Waals surface area contributed by atoms with Gasteiger partial charge in [0.1, 0.15) is 5.75 Å². The van der Waals surface area contributed by atoms with Crippen molar-refractivity contribution in [2.24, 2.45) is 5.92 Å². The van der Waals surface area contributed by atoms with Crippen LogP contribution in [0.15, 0.2) is 18.2 Å². The maximum atomic E-state index is 11.9. The van der Waals surface area contributed by atoms with E-state index in [-0.39, 0.29) is 36.6 Å². The normalized spacial score (nSPS) is 17.3. The molecule has 0 bridgehead atoms. The summed E-state index contributed by atoms with van der Waals surface area (Å²) in [5.74, 6) is -0.0335. The maximum absolute atomic E-state index is 11.9. The van der Waals surface area contributed by atoms with Gasteiger partial charge in [-0.05, 0) is 18.2 Å². The molecule has 1 heterocycles. The summed E-state index contributed by atoms with van der Waals surface area (Å²) >= 11 is 0. The highest BCUT2D eigenvalue weighted by Crippen LogP contribution is 2.25. The number of anilines is 2. The quantitative estimate of drug-likeness (QED) is 0.715. The van der Waals surface area contributed by atoms with E-state index in [1.807, 2.05) is 0 Å². The largest absolute Gasteiger partial charge is 0.495 e. The van der Waals surface area contributed by atoms with Crippen molar-refractivity contribution in [3.63, 3.8) is 0 Å². The van der Waals surface area contributed by atoms with Gasteiger partial charge in [0.25, 0.3) is 0 Å². The van der Waals surface area contributed by atoms with Crippen LogP contribution in [0.2, 0.25) is 0 Å². The Labute approximate surface area is 117 Å². The second-order valence-electron chi connectivity index (χ2n) is 4.15. The summed E-state index contributed by atoms with van der Waals surface area (Å²) < 4.78 is 5.03. The number of methoxy groups -OCH3 is 1. The summed E-state index contributed by atoms with van der Waals surface area (Å²) in [5.41, 5.74) is 6.79. The third-order valence-electron chi connectivity index (χ3n) is 2.85. The molecule has 1 aliphatic rings. The van der Waals surface area contributed by atoms with Gasteiger partial charge in [0, 0.05) is 18.7 Å². The van der Waals surface area contributed by atoms with Crippen molar-refractivity contribution < 1.29 is 14.3 Å². The Balaban J connectivity index is 0.00000180. The van der Waals surface area contributed by atoms with Gasteiger partial charge in [-0.2, -0.15) is 0 Å². The van der Waals surface area contributed by atoms with Crippen molar-refractivity contribution in [3.8, 4) is 5.75 Å². The lowest BCUT2D eigenvalue weighted by Gasteiger charge is -2.11. The van der Waals surface area contributed by atoms with Gasteiger partial charge in [0.2, 0.25) is 11.8 Å². The minimum Gasteiger partial charge on any atom is -0.495 e. The van der Waals surface area contributed by atoms with Gasteiger partial charge in [0.15, 0.2) is 0 Å². The fraction of sp³-hybridized carbons (Fsp3) is 0.333. The van der Waals surface area contributed by atoms with Crippen molar-refractivity contribution in [1.82, 2.24) is 5.32 Å². The van der Waals surface area contributed by atoms with Crippen molar-refractivity contribution in [3.05, 3.63) is 18.2 Å². The number of amides is 2. The number of halogens is 1. The van der Waals surface area contributed by atoms with Crippen LogP contribution < -0.4 is 21.1 Å². The number of ether oxygens (including phenoxy) is 1. The minimum absolute atomic E-state index is 0. The minimum atomic E-state index is -0.319. The second-order valence-corrected chi connectivity index (χ2v) is 4.15. The van der Waals surface area contributed by atoms with Crippen LogP contribution in [-0.2, 0) is 9.59 Å². The molecule has 0 aromatic heterocycles. The van der Waals surface area contributed by atoms with E-state index in [0.717, 1.165) is 0 Å². The standard InChI is InChI=1S/C12H15N3O3.ClH/c1-18-10-3-2-8(5-9(10)13)15-12(17)7-4-11(16)14-6-7;/h2-3,5,7H,4,6,13H2,1H3,(H,14,16)(H,15,17);1H. The lowest BCUT2D eigenvalue weighted by Crippen LogP contribution is -2.24. The Kier molecular flexibility index (Phi) is 5.00. The van der Waals surface area contributed by atoms with Crippen molar-refractivity contribution in [2.45, 2.75) is 6.42 Å². The van der Waals surface area contributed by atoms with Crippen LogP contribution >= 0.6 is 12.4 Å². The van der Waals surface area contributed by atoms with Gasteiger partial charge in [-0.1, -0.05) is 0 Å². The molecule has 2 rings (SSSR count). The lowest BCUT2D eigenvalue weighted by molar-refractivity contribution is -0.123. The molecule has 1 atom stereocenters. The Morgan fingerprint density at radius 1 is 1.53 bits per heavy atom. The van der Waals surface area contributed by atoms with Crippen molar-refractivity contribution >= 4 is 35.6 Å². The van der Waals surface area contributed by atoms with E-state index in [1.54, 1.807) is 18.2 Å². The van der Waals surface area contributed by atoms with Gasteiger partial charge >= 0.3 is 0 Å². The second kappa shape index (κ2) is 6.29. The molecule has 2 amide bonds. The molecule has 1 fully saturated rings. The molecule has 0 radical (unpaired) electrons. The molecule has 19 heavy (non-hydrogen) atoms. The zero-order chi connectivity index (χ0) is 13.1. The van der Waals surface area contributed by atoms with Gasteiger partial charge in [-0.25, -0.2) is 0 Å². The zero-order valence-electron chi connectivity index (χ0n) is 10.4. The molecule has 1 aliphatic heterocycles. The number of nitrogens with two attached hydrogens (primary N) is 1. The van der Waals surface area contributed by atoms with Crippen LogP contribution in [0.5, 0.6) is 5.75 Å². The summed E-state index contributed by atoms with van der Waals surface area (Å²) in [4.78, 5) is 22.9. The molecule has 1 unspecified atom stereocenters. The summed E-state index contributed by atoms with van der Waals surface area (Å²) in [7, 11) is 1.53. The SMILES string of the molecule is COc1ccc(NC(=O)C2CNC(=O)C2)cc1N.Cl. The summed E-state index contributed by atoms with van der Waals surface area (Å²) in [5, 5.41) is 5.35. The van der Waals surface area contributed by atoms with E-state index in [0.29, 0.717) is 23.7 Å². The van der Waals surface area contributed by atoms with Crippen LogP contribution in [0.1, 0.15) is 6.42 Å². The van der Waals surface area contributed by atoms with Crippen LogP contribution in [0.4, 0.5) is 11.4 Å². The highest BCUT2D eigenvalue weighted by atomic mass is 35.5. The van der Waals surface area contributed by atoms with Gasteiger partial charge in [-0.15, -0.1) is 12.4 Å². The fourth-order valence-electron chi connectivity index (χ4n) is 1.85. The number of benzene rings is 1. The molecule has 1 saturated heterocycles. The average Bonchev–Trinajstić information content (AvgIpc) is 2.76. The maximum Gasteiger partial charge on any atom is 0.229 e. The number of rotatable bonds is 3. The molecular formula is C12H16ClN3O3. The smallest absolute Gasteiger partial charge is 0.229 e. The number of hydrogen-bond donors (Lipinski definition) is 3. The predicted molar refractivity (Wildman–Crippen MR) is 74.4 cm³/mol. The number of carbonyl (C=O) groups excluding carboxylic acids is 2. The molecule has 1 aromatic carbocycles. The Bertz CT molecular complexity index is 493. The van der Waals surface area contributed by atoms with E-state index < -0.39 is 0 Å². The van der Waals surface area contributed by atoms with Crippen LogP contribution in [0, 0.1) is 5.92 Å². The first-order valence-electron chi connectivity index (χ1n) is 5.61. The van der Waals surface area contributed by atoms with E-state index in [4.69, 9.17) is 10.5 Å². The fourth-order valence-corrected chi connectivity index (χ4v) is 1.85. The van der Waals surface area contributed by atoms with Gasteiger partial charge < -0.3 is 21.1 Å². The van der Waals surface area contributed by atoms with Crippen LogP contribution in [-0.4, -0.2) is 25.5 Å². The summed E-state index contributed by atoms with van der Waals surface area (Å²) in [6.45, 7) is 0.385. The van der Waals surface area contributed by atoms with E-state index in [2.05, 4.69) is 10.6 Å². The third kappa shape index (κ3) is 3.51. The summed E-state index contributed by atoms with van der Waals surface area (Å²) in [6, 6.07) is 5.02. The van der Waals surface area contributed by atoms with E-state index in [9.17, 15) is 9.59 Å². The molecule has 104 valence electrons. The number of carbonyl (C=O) groups is 2. The molecule has 7 heteroatoms. The molecule has 0 spiro atoms. The predicted octanol–water partition coefficient (Wildman–Crippen LogP) is 0.774. The Morgan fingerprint density at radius 2 is 2.26 bits per heavy atom. The molecule has 0 aliphatic carbocycles. The Hall–Kier alpha value is -1.95. The first kappa shape index (κ1) is 15.1. The zero-order valence-corrected chi connectivity index (χ0v) is 11.3. The first-order valence-corrected chi connectivity index (χ1v) is 5.61. The van der Waals surface area contributed by atoms with Crippen LogP contribution in [0.3, 0.4) is 0 Å². The number of nitrogen functional groups attached to an aromatic ring is 1. The molecule has 6 nitrogen and oxygen atoms in total. The van der Waals surface area contributed by atoms with E-state index >= 15 is 0 Å². The highest BCUT2D eigenvalue weighted by Gasteiger charge is 2.27. The highest BCUT2D eigenvalue weighted by molar-refractivity contribution is 5.97.